The summed E-state index contributed by atoms with van der Waals surface area (Å²) >= 11 is 0. The highest BCUT2D eigenvalue weighted by Crippen LogP contribution is 2.11. The summed E-state index contributed by atoms with van der Waals surface area (Å²) in [4.78, 5) is 10.5. The van der Waals surface area contributed by atoms with Gasteiger partial charge in [-0.05, 0) is 18.2 Å². The summed E-state index contributed by atoms with van der Waals surface area (Å²) < 4.78 is 33.6. The monoisotopic (exact) mass is 218 g/mol. The largest absolute Gasteiger partial charge is 0.478 e. The molecule has 0 heterocycles. The van der Waals surface area contributed by atoms with Crippen molar-refractivity contribution in [3.8, 4) is 0 Å². The predicted molar refractivity (Wildman–Crippen MR) is 47.4 cm³/mol. The van der Waals surface area contributed by atoms with E-state index in [9.17, 15) is 17.6 Å². The van der Waals surface area contributed by atoms with Gasteiger partial charge in [-0.3, -0.25) is 0 Å². The van der Waals surface area contributed by atoms with Crippen LogP contribution < -0.4 is 0 Å². The Balaban J connectivity index is 3.14. The summed E-state index contributed by atoms with van der Waals surface area (Å²) in [5, 5.41) is 8.56. The lowest BCUT2D eigenvalue weighted by atomic mass is 10.1. The zero-order valence-electron chi connectivity index (χ0n) is 6.94. The van der Waals surface area contributed by atoms with Crippen LogP contribution in [0.4, 0.5) is 4.39 Å². The maximum atomic E-state index is 12.9. The van der Waals surface area contributed by atoms with Crippen LogP contribution in [-0.4, -0.2) is 19.5 Å². The topological polar surface area (TPSA) is 71.4 Å². The van der Waals surface area contributed by atoms with Gasteiger partial charge in [0.1, 0.15) is 16.5 Å². The molecule has 0 aromatic heterocycles. The van der Waals surface area contributed by atoms with Crippen molar-refractivity contribution in [3.63, 3.8) is 0 Å². The molecule has 0 amide bonds. The van der Waals surface area contributed by atoms with E-state index in [4.69, 9.17) is 5.11 Å². The number of rotatable bonds is 3. The van der Waals surface area contributed by atoms with Crippen molar-refractivity contribution in [1.29, 1.82) is 0 Å². The van der Waals surface area contributed by atoms with Crippen LogP contribution in [0.3, 0.4) is 0 Å². The van der Waals surface area contributed by atoms with Crippen molar-refractivity contribution in [2.24, 2.45) is 0 Å². The Labute approximate surface area is 80.9 Å². The van der Waals surface area contributed by atoms with Crippen LogP contribution >= 0.6 is 0 Å². The van der Waals surface area contributed by atoms with Crippen LogP contribution in [0.25, 0.3) is 0 Å². The Kier molecular flexibility index (Phi) is 3.19. The van der Waals surface area contributed by atoms with Gasteiger partial charge in [0.05, 0.1) is 11.3 Å². The van der Waals surface area contributed by atoms with E-state index in [1.54, 1.807) is 0 Å². The molecule has 14 heavy (non-hydrogen) atoms. The molecule has 0 aliphatic heterocycles. The lowest BCUT2D eigenvalue weighted by molar-refractivity contribution is 0.0696. The van der Waals surface area contributed by atoms with E-state index in [0.717, 1.165) is 18.2 Å². The maximum absolute atomic E-state index is 12.9. The first-order valence-electron chi connectivity index (χ1n) is 3.64. The van der Waals surface area contributed by atoms with Gasteiger partial charge in [-0.1, -0.05) is 0 Å². The number of benzene rings is 1. The standard InChI is InChI=1S/C8H7FO4S/c9-7-2-1-5(8(10)11)3-6(7)4-14(12)13/h1-3,14H,4H2,(H,10,11). The van der Waals surface area contributed by atoms with Crippen molar-refractivity contribution in [1.82, 2.24) is 0 Å². The molecular weight excluding hydrogens is 211 g/mol. The molecule has 0 saturated heterocycles. The predicted octanol–water partition coefficient (Wildman–Crippen LogP) is 0.635. The van der Waals surface area contributed by atoms with E-state index in [-0.39, 0.29) is 11.1 Å². The zero-order valence-corrected chi connectivity index (χ0v) is 7.83. The minimum Gasteiger partial charge on any atom is -0.478 e. The Hall–Kier alpha value is -1.43. The van der Waals surface area contributed by atoms with Crippen LogP contribution in [0, 0.1) is 5.82 Å². The van der Waals surface area contributed by atoms with Crippen LogP contribution in [0.2, 0.25) is 0 Å². The van der Waals surface area contributed by atoms with Gasteiger partial charge in [0, 0.05) is 5.56 Å². The molecule has 0 aliphatic carbocycles. The fraction of sp³-hybridized carbons (Fsp3) is 0.125. The van der Waals surface area contributed by atoms with Gasteiger partial charge in [0.2, 0.25) is 0 Å². The first-order valence-corrected chi connectivity index (χ1v) is 5.00. The van der Waals surface area contributed by atoms with Crippen molar-refractivity contribution in [2.75, 3.05) is 0 Å². The minimum atomic E-state index is -2.76. The molecule has 0 aliphatic rings. The average molecular weight is 218 g/mol. The summed E-state index contributed by atoms with van der Waals surface area (Å²) in [6.07, 6.45) is 0. The highest BCUT2D eigenvalue weighted by atomic mass is 32.2. The van der Waals surface area contributed by atoms with Gasteiger partial charge in [-0.25, -0.2) is 17.6 Å². The summed E-state index contributed by atoms with van der Waals surface area (Å²) in [5.74, 6) is -2.41. The van der Waals surface area contributed by atoms with Crippen molar-refractivity contribution in [2.45, 2.75) is 5.75 Å². The average Bonchev–Trinajstić information content (AvgIpc) is 2.07. The first-order chi connectivity index (χ1) is 6.50. The third-order valence-electron chi connectivity index (χ3n) is 1.59. The number of hydrogen-bond acceptors (Lipinski definition) is 3. The fourth-order valence-corrected chi connectivity index (χ4v) is 1.49. The molecule has 0 bridgehead atoms. The van der Waals surface area contributed by atoms with Gasteiger partial charge < -0.3 is 5.11 Å². The number of carboxylic acids is 1. The SMILES string of the molecule is O=C(O)c1ccc(F)c(C[SH](=O)=O)c1. The second kappa shape index (κ2) is 4.19. The van der Waals surface area contributed by atoms with Crippen LogP contribution in [-0.2, 0) is 16.5 Å². The van der Waals surface area contributed by atoms with E-state index in [0.29, 0.717) is 0 Å². The molecule has 4 nitrogen and oxygen atoms in total. The molecule has 0 saturated carbocycles. The number of aromatic carboxylic acids is 1. The summed E-state index contributed by atoms with van der Waals surface area (Å²) in [7, 11) is -2.76. The van der Waals surface area contributed by atoms with E-state index in [1.165, 1.54) is 0 Å². The highest BCUT2D eigenvalue weighted by Gasteiger charge is 2.08. The fourth-order valence-electron chi connectivity index (χ4n) is 0.968. The van der Waals surface area contributed by atoms with Crippen molar-refractivity contribution in [3.05, 3.63) is 35.1 Å². The third kappa shape index (κ3) is 2.53. The molecule has 1 N–H and O–H groups in total. The molecule has 0 atom stereocenters. The van der Waals surface area contributed by atoms with Crippen molar-refractivity contribution < 1.29 is 22.7 Å². The highest BCUT2D eigenvalue weighted by molar-refractivity contribution is 7.71. The zero-order chi connectivity index (χ0) is 10.7. The number of hydrogen-bond donors (Lipinski definition) is 2. The Morgan fingerprint density at radius 2 is 2.07 bits per heavy atom. The molecule has 0 spiro atoms. The van der Waals surface area contributed by atoms with E-state index < -0.39 is 28.2 Å². The summed E-state index contributed by atoms with van der Waals surface area (Å²) in [6, 6.07) is 3.04. The molecular formula is C8H7FO4S. The van der Waals surface area contributed by atoms with Crippen molar-refractivity contribution >= 4 is 16.7 Å². The molecule has 0 unspecified atom stereocenters. The number of carbonyl (C=O) groups is 1. The lowest BCUT2D eigenvalue weighted by Gasteiger charge is -1.99. The van der Waals surface area contributed by atoms with Gasteiger partial charge in [-0.2, -0.15) is 0 Å². The smallest absolute Gasteiger partial charge is 0.335 e. The second-order valence-electron chi connectivity index (χ2n) is 2.60. The van der Waals surface area contributed by atoms with Gasteiger partial charge in [-0.15, -0.1) is 0 Å². The normalized spacial score (nSPS) is 10.4. The van der Waals surface area contributed by atoms with Gasteiger partial charge in [0.25, 0.3) is 0 Å². The molecule has 1 aromatic rings. The lowest BCUT2D eigenvalue weighted by Crippen LogP contribution is -2.00. The molecule has 1 aromatic carbocycles. The first kappa shape index (κ1) is 10.6. The Bertz CT molecular complexity index is 431. The Morgan fingerprint density at radius 1 is 1.43 bits per heavy atom. The minimum absolute atomic E-state index is 0.124. The van der Waals surface area contributed by atoms with E-state index >= 15 is 0 Å². The second-order valence-corrected chi connectivity index (χ2v) is 3.58. The molecule has 6 heteroatoms. The van der Waals surface area contributed by atoms with Crippen LogP contribution in [0.5, 0.6) is 0 Å². The molecule has 76 valence electrons. The van der Waals surface area contributed by atoms with E-state index in [2.05, 4.69) is 0 Å². The van der Waals surface area contributed by atoms with Crippen LogP contribution in [0.15, 0.2) is 18.2 Å². The van der Waals surface area contributed by atoms with Gasteiger partial charge in [0.15, 0.2) is 0 Å². The number of halogens is 1. The Morgan fingerprint density at radius 3 is 2.57 bits per heavy atom. The van der Waals surface area contributed by atoms with Gasteiger partial charge >= 0.3 is 5.97 Å². The molecule has 0 radical (unpaired) electrons. The van der Waals surface area contributed by atoms with E-state index in [1.807, 2.05) is 0 Å². The summed E-state index contributed by atoms with van der Waals surface area (Å²) in [5.41, 5.74) is -0.251. The molecule has 1 rings (SSSR count). The number of thiol groups is 1. The quantitative estimate of drug-likeness (QED) is 0.730. The van der Waals surface area contributed by atoms with Crippen LogP contribution in [0.1, 0.15) is 15.9 Å². The summed E-state index contributed by atoms with van der Waals surface area (Å²) in [6.45, 7) is 0. The maximum Gasteiger partial charge on any atom is 0.335 e. The number of carboxylic acid groups (broad SMARTS) is 1. The third-order valence-corrected chi connectivity index (χ3v) is 2.19. The molecule has 0 fully saturated rings.